The van der Waals surface area contributed by atoms with Crippen molar-refractivity contribution in [3.63, 3.8) is 0 Å². The summed E-state index contributed by atoms with van der Waals surface area (Å²) in [4.78, 5) is 1.78. The van der Waals surface area contributed by atoms with Crippen LogP contribution in [0.3, 0.4) is 0 Å². The first-order valence-electron chi connectivity index (χ1n) is 6.39. The zero-order valence-electron chi connectivity index (χ0n) is 10.9. The minimum atomic E-state index is -4.32. The number of hydrogen-bond acceptors (Lipinski definition) is 2. The molecule has 5 heteroatoms. The van der Waals surface area contributed by atoms with Gasteiger partial charge < -0.3 is 0 Å². The average Bonchev–Trinajstić information content (AvgIpc) is 2.64. The maximum atomic E-state index is 12.8. The number of rotatable bonds is 0. The molecule has 21 heavy (non-hydrogen) atoms. The second-order valence-corrected chi connectivity index (χ2v) is 5.90. The van der Waals surface area contributed by atoms with Gasteiger partial charge in [0.05, 0.1) is 17.2 Å². The molecule has 0 fully saturated rings. The molecule has 3 rings (SSSR count). The molecule has 0 aromatic heterocycles. The Morgan fingerprint density at radius 2 is 1.86 bits per heavy atom. The van der Waals surface area contributed by atoms with Gasteiger partial charge in [0.1, 0.15) is 0 Å². The lowest BCUT2D eigenvalue weighted by Crippen LogP contribution is -2.06. The third kappa shape index (κ3) is 2.64. The SMILES string of the molecule is N#Cc1cccc2c1CCc1cc(C(F)(F)F)ccc1S2. The highest BCUT2D eigenvalue weighted by molar-refractivity contribution is 7.99. The van der Waals surface area contributed by atoms with Crippen LogP contribution < -0.4 is 0 Å². The summed E-state index contributed by atoms with van der Waals surface area (Å²) in [7, 11) is 0. The van der Waals surface area contributed by atoms with Crippen LogP contribution in [0.1, 0.15) is 22.3 Å². The molecule has 0 aliphatic carbocycles. The second kappa shape index (κ2) is 5.12. The number of halogens is 3. The van der Waals surface area contributed by atoms with Crippen molar-refractivity contribution in [2.24, 2.45) is 0 Å². The van der Waals surface area contributed by atoms with Crippen LogP contribution >= 0.6 is 11.8 Å². The lowest BCUT2D eigenvalue weighted by Gasteiger charge is -2.10. The molecule has 0 saturated carbocycles. The molecule has 0 bridgehead atoms. The molecular formula is C16H10F3NS. The first-order chi connectivity index (χ1) is 9.99. The van der Waals surface area contributed by atoms with Crippen molar-refractivity contribution in [3.8, 4) is 6.07 Å². The van der Waals surface area contributed by atoms with Gasteiger partial charge in [-0.25, -0.2) is 0 Å². The molecule has 2 aromatic carbocycles. The van der Waals surface area contributed by atoms with Crippen LogP contribution in [0.4, 0.5) is 13.2 Å². The molecule has 0 amide bonds. The van der Waals surface area contributed by atoms with Gasteiger partial charge in [0, 0.05) is 9.79 Å². The van der Waals surface area contributed by atoms with Gasteiger partial charge in [-0.1, -0.05) is 17.8 Å². The van der Waals surface area contributed by atoms with Crippen molar-refractivity contribution in [3.05, 3.63) is 58.7 Å². The fourth-order valence-electron chi connectivity index (χ4n) is 2.45. The van der Waals surface area contributed by atoms with Crippen LogP contribution in [-0.4, -0.2) is 0 Å². The van der Waals surface area contributed by atoms with Crippen molar-refractivity contribution in [2.45, 2.75) is 28.8 Å². The predicted molar refractivity (Wildman–Crippen MR) is 74.1 cm³/mol. The Morgan fingerprint density at radius 3 is 2.57 bits per heavy atom. The van der Waals surface area contributed by atoms with E-state index in [1.807, 2.05) is 6.07 Å². The van der Waals surface area contributed by atoms with E-state index in [2.05, 4.69) is 6.07 Å². The Balaban J connectivity index is 2.05. The van der Waals surface area contributed by atoms with E-state index in [-0.39, 0.29) is 0 Å². The normalized spacial score (nSPS) is 13.8. The van der Waals surface area contributed by atoms with Gasteiger partial charge in [0.2, 0.25) is 0 Å². The van der Waals surface area contributed by atoms with Gasteiger partial charge in [0.25, 0.3) is 0 Å². The lowest BCUT2D eigenvalue weighted by molar-refractivity contribution is -0.137. The van der Waals surface area contributed by atoms with E-state index in [9.17, 15) is 13.2 Å². The van der Waals surface area contributed by atoms with Gasteiger partial charge in [-0.05, 0) is 54.3 Å². The quantitative estimate of drug-likeness (QED) is 0.696. The largest absolute Gasteiger partial charge is 0.416 e. The van der Waals surface area contributed by atoms with Crippen molar-refractivity contribution in [2.75, 3.05) is 0 Å². The minimum Gasteiger partial charge on any atom is -0.192 e. The van der Waals surface area contributed by atoms with Crippen LogP contribution in [0.5, 0.6) is 0 Å². The highest BCUT2D eigenvalue weighted by atomic mass is 32.2. The first-order valence-corrected chi connectivity index (χ1v) is 7.20. The molecule has 0 radical (unpaired) electrons. The van der Waals surface area contributed by atoms with Crippen molar-refractivity contribution < 1.29 is 13.2 Å². The standard InChI is InChI=1S/C16H10F3NS/c17-16(18,19)12-5-7-14-10(8-12)4-6-13-11(9-20)2-1-3-15(13)21-14/h1-3,5,7-8H,4,6H2. The molecule has 1 aliphatic rings. The van der Waals surface area contributed by atoms with Gasteiger partial charge in [-0.15, -0.1) is 0 Å². The summed E-state index contributed by atoms with van der Waals surface area (Å²) in [5.41, 5.74) is 1.60. The average molecular weight is 305 g/mol. The monoisotopic (exact) mass is 305 g/mol. The molecule has 0 N–H and O–H groups in total. The molecule has 0 saturated heterocycles. The number of aryl methyl sites for hydroxylation is 1. The molecular weight excluding hydrogens is 295 g/mol. The number of hydrogen-bond donors (Lipinski definition) is 0. The Labute approximate surface area is 124 Å². The zero-order valence-corrected chi connectivity index (χ0v) is 11.7. The second-order valence-electron chi connectivity index (χ2n) is 4.82. The number of benzene rings is 2. The van der Waals surface area contributed by atoms with E-state index in [0.29, 0.717) is 24.0 Å². The summed E-state index contributed by atoms with van der Waals surface area (Å²) in [6, 6.07) is 11.5. The van der Waals surface area contributed by atoms with Gasteiger partial charge >= 0.3 is 6.18 Å². The van der Waals surface area contributed by atoms with Crippen molar-refractivity contribution in [1.82, 2.24) is 0 Å². The molecule has 0 atom stereocenters. The molecule has 0 unspecified atom stereocenters. The first kappa shape index (κ1) is 14.0. The molecule has 106 valence electrons. The van der Waals surface area contributed by atoms with Crippen molar-refractivity contribution >= 4 is 11.8 Å². The van der Waals surface area contributed by atoms with Gasteiger partial charge in [0.15, 0.2) is 0 Å². The maximum absolute atomic E-state index is 12.8. The zero-order chi connectivity index (χ0) is 15.0. The topological polar surface area (TPSA) is 23.8 Å². The van der Waals surface area contributed by atoms with Crippen LogP contribution in [0, 0.1) is 11.3 Å². The Hall–Kier alpha value is -1.93. The summed E-state index contributed by atoms with van der Waals surface area (Å²) in [6.45, 7) is 0. The molecule has 1 heterocycles. The van der Waals surface area contributed by atoms with E-state index < -0.39 is 11.7 Å². The van der Waals surface area contributed by atoms with Crippen molar-refractivity contribution in [1.29, 1.82) is 5.26 Å². The lowest BCUT2D eigenvalue weighted by atomic mass is 9.99. The highest BCUT2D eigenvalue weighted by Crippen LogP contribution is 2.40. The summed E-state index contributed by atoms with van der Waals surface area (Å²) in [5.74, 6) is 0. The highest BCUT2D eigenvalue weighted by Gasteiger charge is 2.31. The molecule has 1 nitrogen and oxygen atoms in total. The van der Waals surface area contributed by atoms with Crippen LogP contribution in [-0.2, 0) is 19.0 Å². The fraction of sp³-hybridized carbons (Fsp3) is 0.188. The minimum absolute atomic E-state index is 0.512. The molecule has 0 spiro atoms. The summed E-state index contributed by atoms with van der Waals surface area (Å²) in [5, 5.41) is 9.15. The third-order valence-electron chi connectivity index (χ3n) is 3.51. The van der Waals surface area contributed by atoms with Gasteiger partial charge in [-0.3, -0.25) is 0 Å². The smallest absolute Gasteiger partial charge is 0.192 e. The predicted octanol–water partition coefficient (Wildman–Crippen LogP) is 4.83. The van der Waals surface area contributed by atoms with E-state index in [0.717, 1.165) is 21.4 Å². The summed E-state index contributed by atoms with van der Waals surface area (Å²) < 4.78 is 38.4. The number of nitriles is 1. The Morgan fingerprint density at radius 1 is 1.05 bits per heavy atom. The number of fused-ring (bicyclic) bond motifs is 2. The summed E-state index contributed by atoms with van der Waals surface area (Å²) in [6.07, 6.45) is -3.23. The third-order valence-corrected chi connectivity index (χ3v) is 4.73. The van der Waals surface area contributed by atoms with Crippen LogP contribution in [0.2, 0.25) is 0 Å². The maximum Gasteiger partial charge on any atom is 0.416 e. The Bertz CT molecular complexity index is 744. The summed E-state index contributed by atoms with van der Waals surface area (Å²) >= 11 is 1.43. The van der Waals surface area contributed by atoms with E-state index in [4.69, 9.17) is 5.26 Å². The van der Waals surface area contributed by atoms with E-state index in [1.165, 1.54) is 23.9 Å². The van der Waals surface area contributed by atoms with E-state index >= 15 is 0 Å². The van der Waals surface area contributed by atoms with Crippen LogP contribution in [0.15, 0.2) is 46.2 Å². The van der Waals surface area contributed by atoms with E-state index in [1.54, 1.807) is 12.1 Å². The number of nitrogens with zero attached hydrogens (tertiary/aromatic N) is 1. The number of alkyl halides is 3. The van der Waals surface area contributed by atoms with Gasteiger partial charge in [-0.2, -0.15) is 18.4 Å². The fourth-order valence-corrected chi connectivity index (χ4v) is 3.60. The molecule has 2 aromatic rings. The molecule has 1 aliphatic heterocycles. The Kier molecular flexibility index (Phi) is 3.42. The van der Waals surface area contributed by atoms with Crippen LogP contribution in [0.25, 0.3) is 0 Å².